The summed E-state index contributed by atoms with van der Waals surface area (Å²) in [6.45, 7) is 4.34. The number of phosphoric ester groups is 1. The molecule has 0 saturated carbocycles. The molecule has 74 heavy (non-hydrogen) atoms. The Balaban J connectivity index is 4.81. The highest BCUT2D eigenvalue weighted by atomic mass is 31.2. The summed E-state index contributed by atoms with van der Waals surface area (Å²) in [6, 6.07) is 0. The molecule has 11 nitrogen and oxygen atoms in total. The van der Waals surface area contributed by atoms with Crippen molar-refractivity contribution >= 4 is 25.7 Å². The third-order valence-corrected chi connectivity index (χ3v) is 13.0. The van der Waals surface area contributed by atoms with E-state index in [1.165, 1.54) is 70.6 Å². The van der Waals surface area contributed by atoms with Crippen LogP contribution in [0.15, 0.2) is 97.2 Å². The molecule has 0 spiro atoms. The molecule has 0 amide bonds. The SMILES string of the molecule is CC/C=C\C/C=C\C/C=C\C/C=C\C/C=C\CCCC(=O)OCC(COP(=O)(O)OCC(CO)OC(=O)CCCCCCCCCCCCCCCCC)OC(=O)CCCCCCC/C=C\C/C=C\C/C=C\CC. The quantitative estimate of drug-likeness (QED) is 0.0197. The first-order valence-electron chi connectivity index (χ1n) is 29.1. The molecular formula is C62H105O11P. The minimum atomic E-state index is -4.77. The van der Waals surface area contributed by atoms with Crippen LogP contribution in [0, 0.1) is 0 Å². The third-order valence-electron chi connectivity index (χ3n) is 12.0. The van der Waals surface area contributed by atoms with Gasteiger partial charge >= 0.3 is 25.7 Å². The van der Waals surface area contributed by atoms with Gasteiger partial charge in [0, 0.05) is 19.3 Å². The normalized spacial score (nSPS) is 14.1. The summed E-state index contributed by atoms with van der Waals surface area (Å²) in [4.78, 5) is 48.5. The summed E-state index contributed by atoms with van der Waals surface area (Å²) in [6.07, 6.45) is 65.1. The van der Waals surface area contributed by atoms with Crippen molar-refractivity contribution in [1.82, 2.24) is 0 Å². The Morgan fingerprint density at radius 2 is 0.716 bits per heavy atom. The molecule has 0 aromatic carbocycles. The van der Waals surface area contributed by atoms with Crippen molar-refractivity contribution < 1.29 is 52.2 Å². The average molecular weight is 1060 g/mol. The van der Waals surface area contributed by atoms with E-state index in [1.807, 2.05) is 6.08 Å². The van der Waals surface area contributed by atoms with Crippen molar-refractivity contribution in [2.24, 2.45) is 0 Å². The lowest BCUT2D eigenvalue weighted by Crippen LogP contribution is -2.30. The second kappa shape index (κ2) is 55.6. The molecule has 2 N–H and O–H groups in total. The van der Waals surface area contributed by atoms with Crippen molar-refractivity contribution in [1.29, 1.82) is 0 Å². The van der Waals surface area contributed by atoms with Gasteiger partial charge in [-0.1, -0.05) is 227 Å². The zero-order valence-corrected chi connectivity index (χ0v) is 47.7. The number of ether oxygens (including phenoxy) is 3. The van der Waals surface area contributed by atoms with Gasteiger partial charge in [0.2, 0.25) is 0 Å². The van der Waals surface area contributed by atoms with Gasteiger partial charge in [-0.25, -0.2) is 4.57 Å². The number of hydrogen-bond acceptors (Lipinski definition) is 10. The molecule has 0 heterocycles. The van der Waals surface area contributed by atoms with Gasteiger partial charge in [0.1, 0.15) is 12.7 Å². The van der Waals surface area contributed by atoms with Crippen LogP contribution in [0.3, 0.4) is 0 Å². The van der Waals surface area contributed by atoms with Crippen LogP contribution >= 0.6 is 7.82 Å². The van der Waals surface area contributed by atoms with Gasteiger partial charge in [0.05, 0.1) is 19.8 Å². The molecule has 0 radical (unpaired) electrons. The summed E-state index contributed by atoms with van der Waals surface area (Å²) in [5, 5.41) is 9.82. The summed E-state index contributed by atoms with van der Waals surface area (Å²) < 4.78 is 39.5. The van der Waals surface area contributed by atoms with Gasteiger partial charge in [-0.2, -0.15) is 0 Å². The van der Waals surface area contributed by atoms with E-state index in [0.717, 1.165) is 103 Å². The topological polar surface area (TPSA) is 155 Å². The smallest absolute Gasteiger partial charge is 0.462 e. The highest BCUT2D eigenvalue weighted by molar-refractivity contribution is 7.47. The Kier molecular flexibility index (Phi) is 52.9. The predicted octanol–water partition coefficient (Wildman–Crippen LogP) is 17.3. The second-order valence-electron chi connectivity index (χ2n) is 19.0. The highest BCUT2D eigenvalue weighted by Gasteiger charge is 2.28. The minimum Gasteiger partial charge on any atom is -0.462 e. The van der Waals surface area contributed by atoms with Gasteiger partial charge in [-0.05, 0) is 89.9 Å². The highest BCUT2D eigenvalue weighted by Crippen LogP contribution is 2.43. The monoisotopic (exact) mass is 1060 g/mol. The fourth-order valence-electron chi connectivity index (χ4n) is 7.64. The summed E-state index contributed by atoms with van der Waals surface area (Å²) >= 11 is 0. The number of aliphatic hydroxyl groups excluding tert-OH is 1. The standard InChI is InChI=1S/C62H105O11P/c1-4-7-10-13-16-19-22-25-28-29-32-33-36-39-42-45-48-51-60(64)69-55-59(73-62(66)53-50-47-44-41-38-35-31-27-24-21-18-15-12-9-6-3)57-71-74(67,68)70-56-58(54-63)72-61(65)52-49-46-43-40-37-34-30-26-23-20-17-14-11-8-5-2/h7,9-10,12,16,18-19,21,25,27-28,31-33,39,42,58-59,63H,4-6,8,11,13-15,17,20,22-24,26,29-30,34-38,40-41,43-57H2,1-3H3,(H,67,68)/b10-7-,12-9-,19-16-,21-18-,28-25-,31-27-,33-32-,42-39-. The van der Waals surface area contributed by atoms with E-state index in [-0.39, 0.29) is 25.9 Å². The van der Waals surface area contributed by atoms with E-state index in [0.29, 0.717) is 25.7 Å². The lowest BCUT2D eigenvalue weighted by molar-refractivity contribution is -0.161. The van der Waals surface area contributed by atoms with Crippen LogP contribution in [0.2, 0.25) is 0 Å². The van der Waals surface area contributed by atoms with E-state index in [1.54, 1.807) is 0 Å². The van der Waals surface area contributed by atoms with Crippen molar-refractivity contribution in [2.45, 2.75) is 251 Å². The number of allylic oxidation sites excluding steroid dienone is 16. The molecule has 424 valence electrons. The lowest BCUT2D eigenvalue weighted by Gasteiger charge is -2.21. The maximum Gasteiger partial charge on any atom is 0.472 e. The molecule has 0 rings (SSSR count). The number of aliphatic hydroxyl groups is 1. The maximum atomic E-state index is 12.9. The van der Waals surface area contributed by atoms with Gasteiger partial charge < -0.3 is 24.2 Å². The maximum absolute atomic E-state index is 12.9. The third kappa shape index (κ3) is 53.2. The van der Waals surface area contributed by atoms with Gasteiger partial charge in [0.25, 0.3) is 0 Å². The number of unbranched alkanes of at least 4 members (excludes halogenated alkanes) is 20. The Morgan fingerprint density at radius 1 is 0.392 bits per heavy atom. The molecule has 0 aliphatic heterocycles. The van der Waals surface area contributed by atoms with Gasteiger partial charge in [0.15, 0.2) is 6.10 Å². The Morgan fingerprint density at radius 3 is 1.12 bits per heavy atom. The van der Waals surface area contributed by atoms with Gasteiger partial charge in [-0.3, -0.25) is 23.4 Å². The molecule has 3 atom stereocenters. The van der Waals surface area contributed by atoms with Crippen LogP contribution in [-0.4, -0.2) is 66.5 Å². The van der Waals surface area contributed by atoms with Gasteiger partial charge in [-0.15, -0.1) is 0 Å². The molecule has 0 aliphatic carbocycles. The van der Waals surface area contributed by atoms with E-state index in [2.05, 4.69) is 112 Å². The number of carbonyl (C=O) groups excluding carboxylic acids is 3. The molecular weight excluding hydrogens is 952 g/mol. The zero-order chi connectivity index (χ0) is 54.1. The predicted molar refractivity (Wildman–Crippen MR) is 307 cm³/mol. The molecule has 0 fully saturated rings. The van der Waals surface area contributed by atoms with Crippen LogP contribution in [0.5, 0.6) is 0 Å². The number of rotatable bonds is 53. The fourth-order valence-corrected chi connectivity index (χ4v) is 8.43. The van der Waals surface area contributed by atoms with E-state index >= 15 is 0 Å². The van der Waals surface area contributed by atoms with E-state index in [4.69, 9.17) is 23.3 Å². The van der Waals surface area contributed by atoms with Crippen LogP contribution in [-0.2, 0) is 42.2 Å². The van der Waals surface area contributed by atoms with Crippen molar-refractivity contribution in [2.75, 3.05) is 26.4 Å². The molecule has 3 unspecified atom stereocenters. The molecule has 12 heteroatoms. The van der Waals surface area contributed by atoms with Crippen LogP contribution in [0.1, 0.15) is 239 Å². The average Bonchev–Trinajstić information content (AvgIpc) is 3.39. The summed E-state index contributed by atoms with van der Waals surface area (Å²) in [5.41, 5.74) is 0. The second-order valence-corrected chi connectivity index (χ2v) is 20.5. The first kappa shape index (κ1) is 70.4. The number of phosphoric acid groups is 1. The molecule has 0 saturated heterocycles. The Labute approximate surface area is 451 Å². The number of carbonyl (C=O) groups is 3. The van der Waals surface area contributed by atoms with Crippen molar-refractivity contribution in [3.05, 3.63) is 97.2 Å². The zero-order valence-electron chi connectivity index (χ0n) is 46.8. The van der Waals surface area contributed by atoms with Crippen LogP contribution < -0.4 is 0 Å². The van der Waals surface area contributed by atoms with Crippen LogP contribution in [0.25, 0.3) is 0 Å². The number of hydrogen-bond donors (Lipinski definition) is 2. The minimum absolute atomic E-state index is 0.133. The summed E-state index contributed by atoms with van der Waals surface area (Å²) in [5.74, 6) is -1.56. The first-order valence-corrected chi connectivity index (χ1v) is 30.6. The van der Waals surface area contributed by atoms with E-state index in [9.17, 15) is 28.9 Å². The number of esters is 3. The lowest BCUT2D eigenvalue weighted by atomic mass is 10.0. The Bertz CT molecular complexity index is 1610. The molecule has 0 bridgehead atoms. The van der Waals surface area contributed by atoms with E-state index < -0.39 is 57.8 Å². The fraction of sp³-hybridized carbons (Fsp3) is 0.694. The first-order chi connectivity index (χ1) is 36.2. The van der Waals surface area contributed by atoms with Crippen molar-refractivity contribution in [3.8, 4) is 0 Å². The molecule has 0 aromatic rings. The van der Waals surface area contributed by atoms with Crippen molar-refractivity contribution in [3.63, 3.8) is 0 Å². The summed E-state index contributed by atoms with van der Waals surface area (Å²) in [7, 11) is -4.77. The largest absolute Gasteiger partial charge is 0.472 e. The Hall–Kier alpha value is -3.60. The molecule has 0 aliphatic rings. The molecule has 0 aromatic heterocycles. The van der Waals surface area contributed by atoms with Crippen LogP contribution in [0.4, 0.5) is 0 Å².